The lowest BCUT2D eigenvalue weighted by Gasteiger charge is -2.08. The molecule has 110 valence electrons. The molecule has 2 aromatic rings. The van der Waals surface area contributed by atoms with Crippen molar-refractivity contribution in [2.24, 2.45) is 0 Å². The molecule has 1 heterocycles. The predicted molar refractivity (Wildman–Crippen MR) is 84.2 cm³/mol. The fourth-order valence-corrected chi connectivity index (χ4v) is 3.35. The van der Waals surface area contributed by atoms with Gasteiger partial charge in [-0.2, -0.15) is 5.10 Å². The van der Waals surface area contributed by atoms with Gasteiger partial charge in [-0.3, -0.25) is 9.48 Å². The van der Waals surface area contributed by atoms with Gasteiger partial charge in [-0.15, -0.1) is 0 Å². The Bertz CT molecular complexity index is 640. The van der Waals surface area contributed by atoms with E-state index in [0.717, 1.165) is 5.69 Å². The molecule has 0 spiro atoms. The summed E-state index contributed by atoms with van der Waals surface area (Å²) in [5.74, 6) is -0.0175. The number of benzene rings is 1. The highest BCUT2D eigenvalue weighted by atomic mass is 35.5. The summed E-state index contributed by atoms with van der Waals surface area (Å²) >= 11 is 11.9. The van der Waals surface area contributed by atoms with Crippen molar-refractivity contribution in [3.8, 4) is 0 Å². The number of halogens is 2. The first-order chi connectivity index (χ1) is 10.1. The molecule has 0 amide bonds. The number of nitrogens with zero attached hydrogens (tertiary/aromatic N) is 2. The zero-order valence-electron chi connectivity index (χ0n) is 11.6. The van der Waals surface area contributed by atoms with Crippen molar-refractivity contribution in [1.82, 2.24) is 9.78 Å². The summed E-state index contributed by atoms with van der Waals surface area (Å²) in [4.78, 5) is 12.3. The van der Waals surface area contributed by atoms with Crippen LogP contribution in [-0.2, 0) is 6.42 Å². The van der Waals surface area contributed by atoms with Crippen molar-refractivity contribution in [2.75, 3.05) is 0 Å². The molecule has 1 aromatic carbocycles. The van der Waals surface area contributed by atoms with Gasteiger partial charge in [-0.25, -0.2) is 0 Å². The summed E-state index contributed by atoms with van der Waals surface area (Å²) in [6.45, 7) is 0. The second kappa shape index (κ2) is 6.20. The zero-order valence-corrected chi connectivity index (χ0v) is 13.1. The maximum Gasteiger partial charge on any atom is 0.168 e. The Morgan fingerprint density at radius 2 is 1.86 bits per heavy atom. The van der Waals surface area contributed by atoms with E-state index in [1.807, 2.05) is 16.9 Å². The van der Waals surface area contributed by atoms with E-state index >= 15 is 0 Å². The van der Waals surface area contributed by atoms with Crippen molar-refractivity contribution in [3.05, 3.63) is 51.8 Å². The Balaban J connectivity index is 1.72. The molecule has 3 nitrogen and oxygen atoms in total. The number of ketones is 1. The van der Waals surface area contributed by atoms with Crippen molar-refractivity contribution in [2.45, 2.75) is 38.1 Å². The molecule has 0 unspecified atom stereocenters. The molecule has 1 aromatic heterocycles. The Kier molecular flexibility index (Phi) is 4.32. The van der Waals surface area contributed by atoms with Crippen molar-refractivity contribution in [1.29, 1.82) is 0 Å². The maximum absolute atomic E-state index is 12.3. The third-order valence-electron chi connectivity index (χ3n) is 3.89. The minimum absolute atomic E-state index is 0.0175. The van der Waals surface area contributed by atoms with Crippen LogP contribution in [0.25, 0.3) is 0 Å². The number of carbonyl (C=O) groups excluding carboxylic acids is 1. The van der Waals surface area contributed by atoms with Gasteiger partial charge in [0.1, 0.15) is 0 Å². The molecule has 0 saturated heterocycles. The molecule has 1 saturated carbocycles. The highest BCUT2D eigenvalue weighted by Crippen LogP contribution is 2.28. The molecular formula is C16H16Cl2N2O. The van der Waals surface area contributed by atoms with Crippen LogP contribution in [0.2, 0.25) is 10.0 Å². The predicted octanol–water partition coefficient (Wildman–Crippen LogP) is 4.73. The average Bonchev–Trinajstić information content (AvgIpc) is 3.07. The molecule has 1 aliphatic carbocycles. The lowest BCUT2D eigenvalue weighted by atomic mass is 10.1. The molecule has 0 N–H and O–H groups in total. The van der Waals surface area contributed by atoms with Crippen molar-refractivity contribution >= 4 is 29.0 Å². The van der Waals surface area contributed by atoms with Gasteiger partial charge < -0.3 is 0 Å². The van der Waals surface area contributed by atoms with E-state index in [4.69, 9.17) is 23.2 Å². The van der Waals surface area contributed by atoms with Crippen LogP contribution < -0.4 is 0 Å². The largest absolute Gasteiger partial charge is 0.294 e. The van der Waals surface area contributed by atoms with E-state index in [2.05, 4.69) is 5.10 Å². The molecule has 1 fully saturated rings. The number of Topliss-reactive ketones (excluding diaryl/α,β-unsaturated/α-hetero) is 1. The van der Waals surface area contributed by atoms with Crippen LogP contribution in [0.15, 0.2) is 30.5 Å². The lowest BCUT2D eigenvalue weighted by molar-refractivity contribution is 0.0991. The SMILES string of the molecule is O=C(Cc1ccn(C2CCCC2)n1)c1cc(Cl)cc(Cl)c1. The lowest BCUT2D eigenvalue weighted by Crippen LogP contribution is -2.08. The van der Waals surface area contributed by atoms with Gasteiger partial charge in [-0.05, 0) is 37.1 Å². The number of hydrogen-bond donors (Lipinski definition) is 0. The first-order valence-corrected chi connectivity index (χ1v) is 7.91. The van der Waals surface area contributed by atoms with Gasteiger partial charge in [0.15, 0.2) is 5.78 Å². The molecule has 0 bridgehead atoms. The number of hydrogen-bond acceptors (Lipinski definition) is 2. The molecular weight excluding hydrogens is 307 g/mol. The van der Waals surface area contributed by atoms with Crippen LogP contribution in [0, 0.1) is 0 Å². The Morgan fingerprint density at radius 1 is 1.19 bits per heavy atom. The molecule has 5 heteroatoms. The van der Waals surface area contributed by atoms with Gasteiger partial charge in [0.2, 0.25) is 0 Å². The molecule has 0 aliphatic heterocycles. The zero-order chi connectivity index (χ0) is 14.8. The van der Waals surface area contributed by atoms with E-state index in [0.29, 0.717) is 21.7 Å². The monoisotopic (exact) mass is 322 g/mol. The Morgan fingerprint density at radius 3 is 2.52 bits per heavy atom. The van der Waals surface area contributed by atoms with Gasteiger partial charge in [-0.1, -0.05) is 36.0 Å². The highest BCUT2D eigenvalue weighted by Gasteiger charge is 2.18. The van der Waals surface area contributed by atoms with Crippen LogP contribution in [0.5, 0.6) is 0 Å². The number of rotatable bonds is 4. The summed E-state index contributed by atoms with van der Waals surface area (Å²) in [6, 6.07) is 7.32. The summed E-state index contributed by atoms with van der Waals surface area (Å²) in [7, 11) is 0. The third-order valence-corrected chi connectivity index (χ3v) is 4.33. The van der Waals surface area contributed by atoms with E-state index < -0.39 is 0 Å². The van der Waals surface area contributed by atoms with Crippen LogP contribution in [0.3, 0.4) is 0 Å². The van der Waals surface area contributed by atoms with Gasteiger partial charge in [0.05, 0.1) is 18.2 Å². The molecule has 21 heavy (non-hydrogen) atoms. The average molecular weight is 323 g/mol. The van der Waals surface area contributed by atoms with E-state index in [9.17, 15) is 4.79 Å². The summed E-state index contributed by atoms with van der Waals surface area (Å²) in [5, 5.41) is 5.48. The standard InChI is InChI=1S/C16H16Cl2N2O/c17-12-7-11(8-13(18)9-12)16(21)10-14-5-6-20(19-14)15-3-1-2-4-15/h5-9,15H,1-4,10H2. The number of carbonyl (C=O) groups is 1. The second-order valence-electron chi connectivity index (χ2n) is 5.48. The van der Waals surface area contributed by atoms with Gasteiger partial charge in [0, 0.05) is 21.8 Å². The smallest absolute Gasteiger partial charge is 0.168 e. The van der Waals surface area contributed by atoms with Crippen LogP contribution in [0.1, 0.15) is 47.8 Å². The van der Waals surface area contributed by atoms with Crippen molar-refractivity contribution < 1.29 is 4.79 Å². The van der Waals surface area contributed by atoms with E-state index in [1.165, 1.54) is 25.7 Å². The van der Waals surface area contributed by atoms with Crippen molar-refractivity contribution in [3.63, 3.8) is 0 Å². The fourth-order valence-electron chi connectivity index (χ4n) is 2.83. The normalized spacial score (nSPS) is 15.5. The topological polar surface area (TPSA) is 34.9 Å². The summed E-state index contributed by atoms with van der Waals surface area (Å²) in [6.07, 6.45) is 7.14. The van der Waals surface area contributed by atoms with Crippen LogP contribution in [0.4, 0.5) is 0 Å². The minimum atomic E-state index is -0.0175. The molecule has 3 rings (SSSR count). The molecule has 0 radical (unpaired) electrons. The third kappa shape index (κ3) is 3.47. The van der Waals surface area contributed by atoms with Gasteiger partial charge in [0.25, 0.3) is 0 Å². The summed E-state index contributed by atoms with van der Waals surface area (Å²) < 4.78 is 2.00. The van der Waals surface area contributed by atoms with E-state index in [1.54, 1.807) is 18.2 Å². The summed E-state index contributed by atoms with van der Waals surface area (Å²) in [5.41, 5.74) is 1.32. The first kappa shape index (κ1) is 14.6. The second-order valence-corrected chi connectivity index (χ2v) is 6.36. The minimum Gasteiger partial charge on any atom is -0.294 e. The highest BCUT2D eigenvalue weighted by molar-refractivity contribution is 6.35. The fraction of sp³-hybridized carbons (Fsp3) is 0.375. The number of aromatic nitrogens is 2. The first-order valence-electron chi connectivity index (χ1n) is 7.15. The van der Waals surface area contributed by atoms with Crippen LogP contribution >= 0.6 is 23.2 Å². The Hall–Kier alpha value is -1.32. The van der Waals surface area contributed by atoms with Crippen LogP contribution in [-0.4, -0.2) is 15.6 Å². The van der Waals surface area contributed by atoms with Gasteiger partial charge >= 0.3 is 0 Å². The molecule has 0 atom stereocenters. The quantitative estimate of drug-likeness (QED) is 0.762. The molecule has 1 aliphatic rings. The van der Waals surface area contributed by atoms with E-state index in [-0.39, 0.29) is 12.2 Å². The Labute approximate surface area is 133 Å². The maximum atomic E-state index is 12.3.